The maximum atomic E-state index is 9.88. The van der Waals surface area contributed by atoms with E-state index in [9.17, 15) is 5.02 Å². The molecule has 1 aliphatic rings. The van der Waals surface area contributed by atoms with Gasteiger partial charge in [0.25, 0.3) is 0 Å². The highest BCUT2D eigenvalue weighted by atomic mass is 16.5. The minimum atomic E-state index is -0.888. The number of fused-ring (bicyclic) bond motifs is 1. The van der Waals surface area contributed by atoms with Crippen molar-refractivity contribution in [3.8, 4) is 17.6 Å². The molecule has 0 aromatic heterocycles. The average molecular weight is 230 g/mol. The van der Waals surface area contributed by atoms with Crippen molar-refractivity contribution in [3.63, 3.8) is 0 Å². The summed E-state index contributed by atoms with van der Waals surface area (Å²) in [5.41, 5.74) is 1.76. The summed E-state index contributed by atoms with van der Waals surface area (Å²) in [6, 6.07) is 5.72. The van der Waals surface area contributed by atoms with Crippen LogP contribution in [0.5, 0.6) is 5.75 Å². The molecule has 0 amide bonds. The predicted octanol–water partition coefficient (Wildman–Crippen LogP) is 1.26. The van der Waals surface area contributed by atoms with Crippen molar-refractivity contribution in [3.05, 3.63) is 23.8 Å². The number of rotatable bonds is 3. The minimum Gasteiger partial charge on any atom is -0.497 e. The quantitative estimate of drug-likeness (QED) is 0.627. The molecule has 1 unspecified atom stereocenters. The van der Waals surface area contributed by atoms with Crippen molar-refractivity contribution >= 4 is 12.6 Å². The maximum absolute atomic E-state index is 9.88. The maximum Gasteiger partial charge on any atom is 0.495 e. The molecule has 1 heterocycles. The van der Waals surface area contributed by atoms with Crippen LogP contribution >= 0.6 is 0 Å². The van der Waals surface area contributed by atoms with Crippen LogP contribution < -0.4 is 10.2 Å². The molecule has 1 aliphatic heterocycles. The van der Waals surface area contributed by atoms with E-state index in [1.165, 1.54) is 0 Å². The summed E-state index contributed by atoms with van der Waals surface area (Å²) >= 11 is 0. The van der Waals surface area contributed by atoms with Crippen molar-refractivity contribution in [2.45, 2.75) is 25.9 Å². The first kappa shape index (κ1) is 12.0. The number of hydrogen-bond donors (Lipinski definition) is 1. The fourth-order valence-corrected chi connectivity index (χ4v) is 2.13. The Balaban J connectivity index is 2.24. The molecule has 0 saturated carbocycles. The third-order valence-corrected chi connectivity index (χ3v) is 2.92. The zero-order valence-electron chi connectivity index (χ0n) is 10.1. The number of methoxy groups -OCH3 is 1. The van der Waals surface area contributed by atoms with Gasteiger partial charge in [0.15, 0.2) is 0 Å². The molecule has 0 radical (unpaired) electrons. The first-order chi connectivity index (χ1) is 8.27. The first-order valence-electron chi connectivity index (χ1n) is 5.68. The molecule has 1 aromatic carbocycles. The molecule has 4 heteroatoms. The Morgan fingerprint density at radius 2 is 2.35 bits per heavy atom. The van der Waals surface area contributed by atoms with Gasteiger partial charge in [-0.05, 0) is 25.0 Å². The molecule has 0 spiro atoms. The van der Waals surface area contributed by atoms with Gasteiger partial charge in [0, 0.05) is 11.9 Å². The van der Waals surface area contributed by atoms with Crippen LogP contribution in [-0.4, -0.2) is 19.3 Å². The van der Waals surface area contributed by atoms with Gasteiger partial charge in [0.2, 0.25) is 0 Å². The monoisotopic (exact) mass is 230 g/mol. The molecule has 0 fully saturated rings. The highest BCUT2D eigenvalue weighted by Crippen LogP contribution is 2.30. The molecule has 1 aromatic rings. The van der Waals surface area contributed by atoms with Crippen LogP contribution in [0.4, 0.5) is 0 Å². The molecule has 2 rings (SSSR count). The van der Waals surface area contributed by atoms with E-state index in [1.54, 1.807) is 7.11 Å². The SMILES string of the molecule is CC#CCCC1OB(O)c2c(OC)cccc21. The molecule has 0 saturated heterocycles. The van der Waals surface area contributed by atoms with Crippen molar-refractivity contribution < 1.29 is 14.4 Å². The fourth-order valence-electron chi connectivity index (χ4n) is 2.13. The van der Waals surface area contributed by atoms with Gasteiger partial charge in [-0.15, -0.1) is 11.8 Å². The summed E-state index contributed by atoms with van der Waals surface area (Å²) in [7, 11) is 0.707. The van der Waals surface area contributed by atoms with Crippen LogP contribution in [0, 0.1) is 11.8 Å². The fraction of sp³-hybridized carbons (Fsp3) is 0.385. The van der Waals surface area contributed by atoms with E-state index in [1.807, 2.05) is 25.1 Å². The van der Waals surface area contributed by atoms with Crippen LogP contribution in [0.2, 0.25) is 0 Å². The van der Waals surface area contributed by atoms with Gasteiger partial charge in [-0.2, -0.15) is 0 Å². The molecule has 1 N–H and O–H groups in total. The van der Waals surface area contributed by atoms with Gasteiger partial charge < -0.3 is 14.4 Å². The molecule has 1 atom stereocenters. The van der Waals surface area contributed by atoms with Gasteiger partial charge in [-0.25, -0.2) is 0 Å². The second-order valence-electron chi connectivity index (χ2n) is 3.91. The van der Waals surface area contributed by atoms with E-state index in [0.717, 1.165) is 23.9 Å². The van der Waals surface area contributed by atoms with Crippen molar-refractivity contribution in [2.24, 2.45) is 0 Å². The van der Waals surface area contributed by atoms with Crippen LogP contribution in [0.15, 0.2) is 18.2 Å². The standard InChI is InChI=1S/C13H15BO3/c1-3-4-5-8-11-10-7-6-9-12(16-2)13(10)14(15)17-11/h6-7,9,11,15H,5,8H2,1-2H3. The summed E-state index contributed by atoms with van der Waals surface area (Å²) < 4.78 is 10.8. The molecule has 0 aliphatic carbocycles. The normalized spacial score (nSPS) is 17.4. The topological polar surface area (TPSA) is 38.7 Å². The number of ether oxygens (including phenoxy) is 1. The molecule has 17 heavy (non-hydrogen) atoms. The largest absolute Gasteiger partial charge is 0.497 e. The van der Waals surface area contributed by atoms with E-state index in [4.69, 9.17) is 9.39 Å². The first-order valence-corrected chi connectivity index (χ1v) is 5.68. The van der Waals surface area contributed by atoms with Gasteiger partial charge in [-0.1, -0.05) is 12.1 Å². The summed E-state index contributed by atoms with van der Waals surface area (Å²) in [6.07, 6.45) is 1.47. The van der Waals surface area contributed by atoms with Crippen molar-refractivity contribution in [1.82, 2.24) is 0 Å². The molecule has 0 bridgehead atoms. The zero-order valence-corrected chi connectivity index (χ0v) is 10.1. The number of hydrogen-bond acceptors (Lipinski definition) is 3. The Hall–Kier alpha value is -1.44. The second kappa shape index (κ2) is 5.26. The lowest BCUT2D eigenvalue weighted by atomic mass is 9.78. The summed E-state index contributed by atoms with van der Waals surface area (Å²) in [5.74, 6) is 6.54. The van der Waals surface area contributed by atoms with E-state index in [0.29, 0.717) is 5.75 Å². The summed E-state index contributed by atoms with van der Waals surface area (Å²) in [5, 5.41) is 9.88. The van der Waals surface area contributed by atoms with Gasteiger partial charge >= 0.3 is 7.12 Å². The highest BCUT2D eigenvalue weighted by Gasteiger charge is 2.37. The van der Waals surface area contributed by atoms with Gasteiger partial charge in [0.1, 0.15) is 5.75 Å². The Bertz CT molecular complexity index is 461. The predicted molar refractivity (Wildman–Crippen MR) is 67.1 cm³/mol. The summed E-state index contributed by atoms with van der Waals surface area (Å²) in [4.78, 5) is 0. The molecular formula is C13H15BO3. The second-order valence-corrected chi connectivity index (χ2v) is 3.91. The molecule has 88 valence electrons. The van der Waals surface area contributed by atoms with Gasteiger partial charge in [-0.3, -0.25) is 0 Å². The van der Waals surface area contributed by atoms with Crippen LogP contribution in [0.3, 0.4) is 0 Å². The van der Waals surface area contributed by atoms with E-state index in [-0.39, 0.29) is 6.10 Å². The Kier molecular flexibility index (Phi) is 3.73. The van der Waals surface area contributed by atoms with Crippen molar-refractivity contribution in [2.75, 3.05) is 7.11 Å². The lowest BCUT2D eigenvalue weighted by molar-refractivity contribution is 0.182. The highest BCUT2D eigenvalue weighted by molar-refractivity contribution is 6.62. The molecular weight excluding hydrogens is 215 g/mol. The van der Waals surface area contributed by atoms with Crippen LogP contribution in [0.1, 0.15) is 31.4 Å². The average Bonchev–Trinajstić information content (AvgIpc) is 2.67. The van der Waals surface area contributed by atoms with Crippen LogP contribution in [0.25, 0.3) is 0 Å². The Labute approximate surface area is 102 Å². The zero-order chi connectivity index (χ0) is 12.3. The van der Waals surface area contributed by atoms with Crippen LogP contribution in [-0.2, 0) is 4.65 Å². The smallest absolute Gasteiger partial charge is 0.495 e. The van der Waals surface area contributed by atoms with Gasteiger partial charge in [0.05, 0.1) is 13.2 Å². The molecule has 3 nitrogen and oxygen atoms in total. The third kappa shape index (κ3) is 2.31. The summed E-state index contributed by atoms with van der Waals surface area (Å²) in [6.45, 7) is 1.82. The van der Waals surface area contributed by atoms with E-state index < -0.39 is 7.12 Å². The Morgan fingerprint density at radius 1 is 1.53 bits per heavy atom. The number of benzene rings is 1. The minimum absolute atomic E-state index is 0.0871. The van der Waals surface area contributed by atoms with E-state index in [2.05, 4.69) is 11.8 Å². The third-order valence-electron chi connectivity index (χ3n) is 2.92. The lowest BCUT2D eigenvalue weighted by Gasteiger charge is -2.10. The lowest BCUT2D eigenvalue weighted by Crippen LogP contribution is -2.29. The Morgan fingerprint density at radius 3 is 3.06 bits per heavy atom. The van der Waals surface area contributed by atoms with Crippen molar-refractivity contribution in [1.29, 1.82) is 0 Å². The van der Waals surface area contributed by atoms with E-state index >= 15 is 0 Å².